The number of para-hydroxylation sites is 1. The standard InChI is InChI=1S/C22H27N3O3/c1-4-23-14-21(26)25-19-8-6-5-7-16(19)9-10-17-11-12-18(13-20(17)25)24-22(27)28-15(2)3/h5-8,11-13,15,23H,4,9-10,14H2,1-3H3,(H,24,27)/p+1. The van der Waals surface area contributed by atoms with Crippen LogP contribution in [0.2, 0.25) is 0 Å². The molecule has 0 radical (unpaired) electrons. The normalized spacial score (nSPS) is 12.8. The van der Waals surface area contributed by atoms with Crippen LogP contribution < -0.4 is 15.5 Å². The van der Waals surface area contributed by atoms with Gasteiger partial charge in [-0.1, -0.05) is 24.3 Å². The van der Waals surface area contributed by atoms with Gasteiger partial charge in [-0.15, -0.1) is 0 Å². The highest BCUT2D eigenvalue weighted by atomic mass is 16.6. The lowest BCUT2D eigenvalue weighted by Crippen LogP contribution is -2.86. The first-order valence-corrected chi connectivity index (χ1v) is 9.82. The Hall–Kier alpha value is -2.86. The van der Waals surface area contributed by atoms with E-state index in [1.165, 1.54) is 0 Å². The molecule has 6 nitrogen and oxygen atoms in total. The van der Waals surface area contributed by atoms with E-state index in [1.54, 1.807) is 18.7 Å². The van der Waals surface area contributed by atoms with Crippen molar-refractivity contribution >= 4 is 29.1 Å². The number of likely N-dealkylation sites (N-methyl/N-ethyl adjacent to an activating group) is 1. The molecule has 148 valence electrons. The molecule has 6 heteroatoms. The summed E-state index contributed by atoms with van der Waals surface area (Å²) < 4.78 is 5.17. The van der Waals surface area contributed by atoms with Crippen LogP contribution in [-0.2, 0) is 22.4 Å². The number of nitrogens with zero attached hydrogens (tertiary/aromatic N) is 1. The Kier molecular flexibility index (Phi) is 6.31. The molecule has 0 saturated heterocycles. The van der Waals surface area contributed by atoms with E-state index in [-0.39, 0.29) is 12.0 Å². The summed E-state index contributed by atoms with van der Waals surface area (Å²) in [5.41, 5.74) is 4.58. The van der Waals surface area contributed by atoms with Crippen molar-refractivity contribution in [3.05, 3.63) is 53.6 Å². The number of benzene rings is 2. The van der Waals surface area contributed by atoms with Crippen molar-refractivity contribution < 1.29 is 19.6 Å². The zero-order valence-corrected chi connectivity index (χ0v) is 16.7. The van der Waals surface area contributed by atoms with Gasteiger partial charge in [0.15, 0.2) is 6.54 Å². The number of carbonyl (C=O) groups excluding carboxylic acids is 2. The molecule has 0 fully saturated rings. The van der Waals surface area contributed by atoms with Gasteiger partial charge in [0, 0.05) is 5.69 Å². The summed E-state index contributed by atoms with van der Waals surface area (Å²) in [6.45, 7) is 6.85. The molecule has 0 saturated carbocycles. The van der Waals surface area contributed by atoms with Crippen LogP contribution in [-0.4, -0.2) is 31.2 Å². The Morgan fingerprint density at radius 1 is 1.11 bits per heavy atom. The van der Waals surface area contributed by atoms with Crippen LogP contribution in [0.25, 0.3) is 0 Å². The quantitative estimate of drug-likeness (QED) is 0.835. The van der Waals surface area contributed by atoms with Crippen LogP contribution in [0.3, 0.4) is 0 Å². The van der Waals surface area contributed by atoms with Crippen LogP contribution in [0.15, 0.2) is 42.5 Å². The lowest BCUT2D eigenvalue weighted by atomic mass is 10.0. The van der Waals surface area contributed by atoms with Crippen molar-refractivity contribution in [2.24, 2.45) is 0 Å². The highest BCUT2D eigenvalue weighted by Crippen LogP contribution is 2.37. The Morgan fingerprint density at radius 3 is 2.54 bits per heavy atom. The first-order valence-electron chi connectivity index (χ1n) is 9.82. The summed E-state index contributed by atoms with van der Waals surface area (Å²) in [6.07, 6.45) is 1.01. The van der Waals surface area contributed by atoms with Gasteiger partial charge < -0.3 is 10.1 Å². The molecule has 0 atom stereocenters. The van der Waals surface area contributed by atoms with E-state index in [9.17, 15) is 9.59 Å². The Labute approximate surface area is 165 Å². The SMILES string of the molecule is CC[NH2+]CC(=O)N1c2ccccc2CCc2ccc(NC(=O)OC(C)C)cc21. The molecule has 1 aliphatic rings. The number of carbonyl (C=O) groups is 2. The minimum Gasteiger partial charge on any atom is -0.447 e. The summed E-state index contributed by atoms with van der Waals surface area (Å²) in [5.74, 6) is 0.0272. The number of hydrogen-bond donors (Lipinski definition) is 2. The smallest absolute Gasteiger partial charge is 0.411 e. The molecule has 28 heavy (non-hydrogen) atoms. The van der Waals surface area contributed by atoms with Gasteiger partial charge in [0.1, 0.15) is 0 Å². The highest BCUT2D eigenvalue weighted by Gasteiger charge is 2.27. The van der Waals surface area contributed by atoms with E-state index in [0.29, 0.717) is 12.2 Å². The zero-order valence-electron chi connectivity index (χ0n) is 16.7. The number of fused-ring (bicyclic) bond motifs is 2. The van der Waals surface area contributed by atoms with Gasteiger partial charge in [-0.3, -0.25) is 15.0 Å². The molecule has 1 aliphatic heterocycles. The van der Waals surface area contributed by atoms with E-state index in [1.807, 2.05) is 48.6 Å². The van der Waals surface area contributed by atoms with Crippen LogP contribution >= 0.6 is 0 Å². The predicted octanol–water partition coefficient (Wildman–Crippen LogP) is 2.99. The third kappa shape index (κ3) is 4.51. The van der Waals surface area contributed by atoms with E-state index in [0.717, 1.165) is 41.9 Å². The fraction of sp³-hybridized carbons (Fsp3) is 0.364. The number of nitrogens with one attached hydrogen (secondary N) is 1. The monoisotopic (exact) mass is 382 g/mol. The maximum atomic E-state index is 13.1. The van der Waals surface area contributed by atoms with Gasteiger partial charge in [0.2, 0.25) is 0 Å². The maximum Gasteiger partial charge on any atom is 0.411 e. The molecule has 0 aromatic heterocycles. The second-order valence-electron chi connectivity index (χ2n) is 7.18. The average Bonchev–Trinajstić information content (AvgIpc) is 2.82. The van der Waals surface area contributed by atoms with Crippen LogP contribution in [0, 0.1) is 0 Å². The van der Waals surface area contributed by atoms with Gasteiger partial charge >= 0.3 is 6.09 Å². The number of ether oxygens (including phenoxy) is 1. The maximum absolute atomic E-state index is 13.1. The largest absolute Gasteiger partial charge is 0.447 e. The van der Waals surface area contributed by atoms with E-state index < -0.39 is 6.09 Å². The molecule has 2 aromatic carbocycles. The predicted molar refractivity (Wildman–Crippen MR) is 110 cm³/mol. The molecule has 0 bridgehead atoms. The lowest BCUT2D eigenvalue weighted by molar-refractivity contribution is -0.640. The van der Waals surface area contributed by atoms with Crippen molar-refractivity contribution in [3.63, 3.8) is 0 Å². The number of hydrogen-bond acceptors (Lipinski definition) is 3. The summed E-state index contributed by atoms with van der Waals surface area (Å²) in [5, 5.41) is 4.75. The summed E-state index contributed by atoms with van der Waals surface area (Å²) in [6, 6.07) is 13.7. The van der Waals surface area contributed by atoms with Crippen molar-refractivity contribution in [3.8, 4) is 0 Å². The molecule has 0 aliphatic carbocycles. The third-order valence-corrected chi connectivity index (χ3v) is 4.67. The minimum atomic E-state index is -0.499. The molecule has 0 spiro atoms. The number of anilines is 3. The molecule has 1 heterocycles. The Bertz CT molecular complexity index is 864. The number of aryl methyl sites for hydroxylation is 2. The van der Waals surface area contributed by atoms with Crippen LogP contribution in [0.5, 0.6) is 0 Å². The molecular formula is C22H28N3O3+. The second-order valence-corrected chi connectivity index (χ2v) is 7.18. The molecule has 0 unspecified atom stereocenters. The first kappa shape index (κ1) is 19.9. The summed E-state index contributed by atoms with van der Waals surface area (Å²) in [7, 11) is 0. The minimum absolute atomic E-state index is 0.0272. The fourth-order valence-electron chi connectivity index (χ4n) is 3.39. The van der Waals surface area contributed by atoms with Gasteiger partial charge in [-0.2, -0.15) is 0 Å². The van der Waals surface area contributed by atoms with E-state index in [4.69, 9.17) is 4.74 Å². The van der Waals surface area contributed by atoms with E-state index >= 15 is 0 Å². The number of amides is 2. The zero-order chi connectivity index (χ0) is 20.1. The van der Waals surface area contributed by atoms with Crippen LogP contribution in [0.1, 0.15) is 31.9 Å². The van der Waals surface area contributed by atoms with Crippen molar-refractivity contribution in [2.75, 3.05) is 23.3 Å². The molecule has 3 N–H and O–H groups in total. The van der Waals surface area contributed by atoms with Crippen molar-refractivity contribution in [2.45, 2.75) is 39.7 Å². The number of rotatable bonds is 5. The second kappa shape index (κ2) is 8.89. The summed E-state index contributed by atoms with van der Waals surface area (Å²) in [4.78, 5) is 26.9. The first-order chi connectivity index (χ1) is 13.5. The number of quaternary nitrogens is 1. The number of nitrogens with two attached hydrogens (primary N) is 1. The van der Waals surface area contributed by atoms with Crippen LogP contribution in [0.4, 0.5) is 21.9 Å². The summed E-state index contributed by atoms with van der Waals surface area (Å²) >= 11 is 0. The fourth-order valence-corrected chi connectivity index (χ4v) is 3.39. The lowest BCUT2D eigenvalue weighted by Gasteiger charge is -2.25. The topological polar surface area (TPSA) is 75.3 Å². The Morgan fingerprint density at radius 2 is 1.82 bits per heavy atom. The molecule has 2 aromatic rings. The van der Waals surface area contributed by atoms with Gasteiger partial charge in [-0.25, -0.2) is 4.79 Å². The molecular weight excluding hydrogens is 354 g/mol. The molecule has 2 amide bonds. The van der Waals surface area contributed by atoms with Gasteiger partial charge in [0.25, 0.3) is 5.91 Å². The van der Waals surface area contributed by atoms with Gasteiger partial charge in [-0.05, 0) is 62.9 Å². The average molecular weight is 382 g/mol. The molecule has 3 rings (SSSR count). The third-order valence-electron chi connectivity index (χ3n) is 4.67. The van der Waals surface area contributed by atoms with Crippen molar-refractivity contribution in [1.29, 1.82) is 0 Å². The Balaban J connectivity index is 1.99. The van der Waals surface area contributed by atoms with Crippen molar-refractivity contribution in [1.82, 2.24) is 0 Å². The van der Waals surface area contributed by atoms with Gasteiger partial charge in [0.05, 0.1) is 24.0 Å². The van der Waals surface area contributed by atoms with E-state index in [2.05, 4.69) is 11.4 Å². The highest BCUT2D eigenvalue weighted by molar-refractivity contribution is 6.03.